The van der Waals surface area contributed by atoms with Crippen molar-refractivity contribution >= 4 is 9.84 Å². The van der Waals surface area contributed by atoms with E-state index >= 15 is 0 Å². The van der Waals surface area contributed by atoms with E-state index in [0.29, 0.717) is 12.1 Å². The molecular weight excluding hydrogens is 257 g/mol. The smallest absolute Gasteiger partial charge is 0.151 e. The summed E-state index contributed by atoms with van der Waals surface area (Å²) in [4.78, 5) is 0. The first-order valence-electron chi connectivity index (χ1n) is 5.79. The summed E-state index contributed by atoms with van der Waals surface area (Å²) in [7, 11) is -2.98. The lowest BCUT2D eigenvalue weighted by Crippen LogP contribution is -2.27. The zero-order chi connectivity index (χ0) is 13.6. The molecule has 102 valence electrons. The molecule has 1 aromatic rings. The quantitative estimate of drug-likeness (QED) is 0.725. The minimum absolute atomic E-state index is 0.0552. The third-order valence-electron chi connectivity index (χ3n) is 2.62. The number of benzene rings is 1. The highest BCUT2D eigenvalue weighted by molar-refractivity contribution is 7.91. The summed E-state index contributed by atoms with van der Waals surface area (Å²) in [6.07, 6.45) is -0.769. The van der Waals surface area contributed by atoms with Crippen LogP contribution in [0.25, 0.3) is 0 Å². The van der Waals surface area contributed by atoms with Gasteiger partial charge in [-0.2, -0.15) is 0 Å². The Bertz CT molecular complexity index is 459. The molecule has 2 N–H and O–H groups in total. The molecule has 6 heteroatoms. The number of sulfone groups is 1. The molecule has 0 aliphatic heterocycles. The van der Waals surface area contributed by atoms with Crippen molar-refractivity contribution in [3.63, 3.8) is 0 Å². The average Bonchev–Trinajstić information content (AvgIpc) is 2.35. The van der Waals surface area contributed by atoms with Crippen molar-refractivity contribution in [1.82, 2.24) is 5.32 Å². The van der Waals surface area contributed by atoms with Crippen LogP contribution in [-0.4, -0.2) is 38.1 Å². The highest BCUT2D eigenvalue weighted by Crippen LogP contribution is 2.12. The van der Waals surface area contributed by atoms with Crippen molar-refractivity contribution in [2.45, 2.75) is 13.0 Å². The van der Waals surface area contributed by atoms with Crippen LogP contribution in [-0.2, 0) is 9.84 Å². The van der Waals surface area contributed by atoms with E-state index < -0.39 is 15.9 Å². The van der Waals surface area contributed by atoms with Gasteiger partial charge in [-0.3, -0.25) is 0 Å². The minimum Gasteiger partial charge on any atom is -0.387 e. The van der Waals surface area contributed by atoms with Gasteiger partial charge in [-0.1, -0.05) is 19.1 Å². The van der Waals surface area contributed by atoms with Crippen LogP contribution in [0.5, 0.6) is 0 Å². The molecule has 0 saturated carbocycles. The van der Waals surface area contributed by atoms with E-state index in [9.17, 15) is 17.9 Å². The van der Waals surface area contributed by atoms with E-state index in [0.717, 1.165) is 0 Å². The number of hydrogen-bond acceptors (Lipinski definition) is 4. The van der Waals surface area contributed by atoms with Gasteiger partial charge in [-0.05, 0) is 17.7 Å². The fraction of sp³-hybridized carbons (Fsp3) is 0.500. The van der Waals surface area contributed by atoms with Crippen LogP contribution in [0.15, 0.2) is 24.3 Å². The first kappa shape index (κ1) is 15.1. The third kappa shape index (κ3) is 5.12. The van der Waals surface area contributed by atoms with Crippen molar-refractivity contribution in [1.29, 1.82) is 0 Å². The van der Waals surface area contributed by atoms with E-state index in [1.807, 2.05) is 0 Å². The summed E-state index contributed by atoms with van der Waals surface area (Å²) in [6.45, 7) is 2.14. The van der Waals surface area contributed by atoms with Gasteiger partial charge in [0, 0.05) is 18.8 Å². The summed E-state index contributed by atoms with van der Waals surface area (Å²) in [5.74, 6) is -0.178. The van der Waals surface area contributed by atoms with Gasteiger partial charge < -0.3 is 10.4 Å². The molecule has 4 nitrogen and oxygen atoms in total. The lowest BCUT2D eigenvalue weighted by molar-refractivity contribution is 0.175. The molecule has 1 unspecified atom stereocenters. The Balaban J connectivity index is 2.34. The normalized spacial score (nSPS) is 13.5. The molecular formula is C12H18FNO3S. The van der Waals surface area contributed by atoms with Gasteiger partial charge in [0.05, 0.1) is 11.9 Å². The fourth-order valence-electron chi connectivity index (χ4n) is 1.41. The Morgan fingerprint density at radius 1 is 1.33 bits per heavy atom. The molecule has 1 atom stereocenters. The van der Waals surface area contributed by atoms with Crippen LogP contribution in [0.1, 0.15) is 18.6 Å². The van der Waals surface area contributed by atoms with Crippen molar-refractivity contribution in [3.05, 3.63) is 35.6 Å². The Morgan fingerprint density at radius 2 is 1.94 bits per heavy atom. The largest absolute Gasteiger partial charge is 0.387 e. The number of aliphatic hydroxyl groups is 1. The van der Waals surface area contributed by atoms with Gasteiger partial charge in [0.15, 0.2) is 9.84 Å². The fourth-order valence-corrected chi connectivity index (χ4v) is 2.16. The Kier molecular flexibility index (Phi) is 5.71. The molecule has 0 amide bonds. The number of nitrogens with one attached hydrogen (secondary N) is 1. The number of halogens is 1. The summed E-state index contributed by atoms with van der Waals surface area (Å²) in [5.41, 5.74) is 0.599. The summed E-state index contributed by atoms with van der Waals surface area (Å²) in [5, 5.41) is 12.6. The van der Waals surface area contributed by atoms with E-state index in [1.54, 1.807) is 6.92 Å². The molecule has 0 aliphatic rings. The molecule has 18 heavy (non-hydrogen) atoms. The van der Waals surface area contributed by atoms with E-state index in [2.05, 4.69) is 5.32 Å². The maximum absolute atomic E-state index is 12.7. The molecule has 1 aromatic carbocycles. The molecule has 0 heterocycles. The second kappa shape index (κ2) is 6.82. The first-order chi connectivity index (χ1) is 8.44. The van der Waals surface area contributed by atoms with Crippen LogP contribution >= 0.6 is 0 Å². The highest BCUT2D eigenvalue weighted by atomic mass is 32.2. The molecule has 1 rings (SSSR count). The zero-order valence-corrected chi connectivity index (χ0v) is 11.1. The first-order valence-corrected chi connectivity index (χ1v) is 7.61. The number of aliphatic hydroxyl groups excluding tert-OH is 1. The lowest BCUT2D eigenvalue weighted by atomic mass is 10.1. The second-order valence-electron chi connectivity index (χ2n) is 4.01. The molecule has 0 saturated heterocycles. The van der Waals surface area contributed by atoms with Gasteiger partial charge in [0.2, 0.25) is 0 Å². The number of hydrogen-bond donors (Lipinski definition) is 2. The maximum Gasteiger partial charge on any atom is 0.151 e. The molecule has 0 aromatic heterocycles. The van der Waals surface area contributed by atoms with Crippen molar-refractivity contribution in [2.75, 3.05) is 24.6 Å². The van der Waals surface area contributed by atoms with E-state index in [4.69, 9.17) is 0 Å². The average molecular weight is 275 g/mol. The molecule has 0 fully saturated rings. The molecule has 0 spiro atoms. The zero-order valence-electron chi connectivity index (χ0n) is 10.3. The predicted molar refractivity (Wildman–Crippen MR) is 68.6 cm³/mol. The second-order valence-corrected chi connectivity index (χ2v) is 6.48. The molecule has 0 radical (unpaired) electrons. The van der Waals surface area contributed by atoms with Gasteiger partial charge in [0.1, 0.15) is 5.82 Å². The summed E-state index contributed by atoms with van der Waals surface area (Å²) < 4.78 is 35.1. The van der Waals surface area contributed by atoms with Crippen LogP contribution in [0.2, 0.25) is 0 Å². The maximum atomic E-state index is 12.7. The molecule has 0 bridgehead atoms. The number of rotatable bonds is 7. The van der Waals surface area contributed by atoms with Crippen molar-refractivity contribution < 1.29 is 17.9 Å². The van der Waals surface area contributed by atoms with Gasteiger partial charge in [-0.15, -0.1) is 0 Å². The van der Waals surface area contributed by atoms with Crippen molar-refractivity contribution in [2.24, 2.45) is 0 Å². The highest BCUT2D eigenvalue weighted by Gasteiger charge is 2.09. The Morgan fingerprint density at radius 3 is 2.50 bits per heavy atom. The summed E-state index contributed by atoms with van der Waals surface area (Å²) >= 11 is 0. The van der Waals surface area contributed by atoms with Gasteiger partial charge in [-0.25, -0.2) is 12.8 Å². The SMILES string of the molecule is CCS(=O)(=O)CCNCC(O)c1ccc(F)cc1. The van der Waals surface area contributed by atoms with Crippen LogP contribution in [0.3, 0.4) is 0 Å². The predicted octanol–water partition coefficient (Wildman–Crippen LogP) is 0.883. The van der Waals surface area contributed by atoms with Gasteiger partial charge >= 0.3 is 0 Å². The Labute approximate surface area is 107 Å². The third-order valence-corrected chi connectivity index (χ3v) is 4.33. The summed E-state index contributed by atoms with van der Waals surface area (Å²) in [6, 6.07) is 5.56. The van der Waals surface area contributed by atoms with E-state index in [-0.39, 0.29) is 23.9 Å². The minimum atomic E-state index is -2.98. The van der Waals surface area contributed by atoms with Crippen molar-refractivity contribution in [3.8, 4) is 0 Å². The van der Waals surface area contributed by atoms with Gasteiger partial charge in [0.25, 0.3) is 0 Å². The van der Waals surface area contributed by atoms with Crippen LogP contribution in [0, 0.1) is 5.82 Å². The Hall–Kier alpha value is -0.980. The monoisotopic (exact) mass is 275 g/mol. The van der Waals surface area contributed by atoms with Crippen LogP contribution < -0.4 is 5.32 Å². The standard InChI is InChI=1S/C12H18FNO3S/c1-2-18(16,17)8-7-14-9-12(15)10-3-5-11(13)6-4-10/h3-6,12,14-15H,2,7-9H2,1H3. The molecule has 0 aliphatic carbocycles. The van der Waals surface area contributed by atoms with Crippen LogP contribution in [0.4, 0.5) is 4.39 Å². The lowest BCUT2D eigenvalue weighted by Gasteiger charge is -2.12. The topological polar surface area (TPSA) is 66.4 Å². The van der Waals surface area contributed by atoms with E-state index in [1.165, 1.54) is 24.3 Å².